The Balaban J connectivity index is 1.94. The smallest absolute Gasteiger partial charge is 0.137 e. The Hall–Kier alpha value is -1.32. The van der Waals surface area contributed by atoms with Crippen LogP contribution in [0.4, 0.5) is 0 Å². The van der Waals surface area contributed by atoms with Gasteiger partial charge in [-0.1, -0.05) is 58.4 Å². The summed E-state index contributed by atoms with van der Waals surface area (Å²) in [5.74, 6) is 0.860. The molecule has 94 valence electrons. The van der Waals surface area contributed by atoms with Crippen LogP contribution in [0.5, 0.6) is 5.75 Å². The quantitative estimate of drug-likeness (QED) is 0.767. The molecule has 18 heavy (non-hydrogen) atoms. The van der Waals surface area contributed by atoms with Gasteiger partial charge < -0.3 is 9.47 Å². The van der Waals surface area contributed by atoms with Gasteiger partial charge in [-0.2, -0.15) is 0 Å². The van der Waals surface area contributed by atoms with Crippen molar-refractivity contribution in [3.63, 3.8) is 0 Å². The van der Waals surface area contributed by atoms with Crippen molar-refractivity contribution >= 4 is 15.9 Å². The van der Waals surface area contributed by atoms with Crippen LogP contribution in [0, 0.1) is 0 Å². The zero-order valence-corrected chi connectivity index (χ0v) is 11.8. The lowest BCUT2D eigenvalue weighted by Gasteiger charge is -2.10. The van der Waals surface area contributed by atoms with Gasteiger partial charge in [-0.05, 0) is 23.3 Å². The summed E-state index contributed by atoms with van der Waals surface area (Å²) in [6.45, 7) is 0.586. The standard InChI is InChI=1S/C15H15BrO2/c1-17-15(16)13-7-9-14(10-8-13)18-11-12-5-3-2-4-6-12/h2-10,15H,11H2,1H3. The molecule has 0 amide bonds. The number of halogens is 1. The van der Waals surface area contributed by atoms with E-state index in [0.717, 1.165) is 16.9 Å². The number of hydrogen-bond donors (Lipinski definition) is 0. The van der Waals surface area contributed by atoms with Crippen molar-refractivity contribution in [1.82, 2.24) is 0 Å². The lowest BCUT2D eigenvalue weighted by Crippen LogP contribution is -1.96. The average molecular weight is 307 g/mol. The Bertz CT molecular complexity index is 468. The fraction of sp³-hybridized carbons (Fsp3) is 0.200. The van der Waals surface area contributed by atoms with Crippen molar-refractivity contribution in [2.24, 2.45) is 0 Å². The van der Waals surface area contributed by atoms with E-state index < -0.39 is 0 Å². The Labute approximate surface area is 116 Å². The molecule has 2 aromatic rings. The summed E-state index contributed by atoms with van der Waals surface area (Å²) in [6, 6.07) is 18.0. The van der Waals surface area contributed by atoms with Crippen molar-refractivity contribution in [3.8, 4) is 5.75 Å². The Morgan fingerprint density at radius 1 is 1.00 bits per heavy atom. The molecule has 2 aromatic carbocycles. The highest BCUT2D eigenvalue weighted by Crippen LogP contribution is 2.25. The normalized spacial score (nSPS) is 12.1. The maximum atomic E-state index is 5.70. The molecule has 3 heteroatoms. The van der Waals surface area contributed by atoms with Crippen LogP contribution in [-0.4, -0.2) is 7.11 Å². The summed E-state index contributed by atoms with van der Waals surface area (Å²) in [6.07, 6.45) is 0. The molecule has 0 aliphatic heterocycles. The van der Waals surface area contributed by atoms with Crippen LogP contribution < -0.4 is 4.74 Å². The maximum absolute atomic E-state index is 5.70. The third-order valence-electron chi connectivity index (χ3n) is 2.60. The topological polar surface area (TPSA) is 18.5 Å². The van der Waals surface area contributed by atoms with Gasteiger partial charge >= 0.3 is 0 Å². The molecule has 0 spiro atoms. The van der Waals surface area contributed by atoms with Gasteiger partial charge in [0.2, 0.25) is 0 Å². The molecule has 0 N–H and O–H groups in total. The van der Waals surface area contributed by atoms with Crippen molar-refractivity contribution in [2.75, 3.05) is 7.11 Å². The van der Waals surface area contributed by atoms with Gasteiger partial charge in [0.1, 0.15) is 17.4 Å². The highest BCUT2D eigenvalue weighted by Gasteiger charge is 2.04. The van der Waals surface area contributed by atoms with E-state index in [4.69, 9.17) is 9.47 Å². The van der Waals surface area contributed by atoms with E-state index in [9.17, 15) is 0 Å². The average Bonchev–Trinajstić information content (AvgIpc) is 2.46. The second-order valence-corrected chi connectivity index (χ2v) is 4.73. The lowest BCUT2D eigenvalue weighted by atomic mass is 10.2. The molecule has 0 aromatic heterocycles. The Morgan fingerprint density at radius 3 is 2.28 bits per heavy atom. The largest absolute Gasteiger partial charge is 0.489 e. The summed E-state index contributed by atoms with van der Waals surface area (Å²) in [5, 5.41) is -0.0688. The van der Waals surface area contributed by atoms with E-state index in [1.807, 2.05) is 54.6 Å². The van der Waals surface area contributed by atoms with Crippen LogP contribution >= 0.6 is 15.9 Å². The van der Waals surface area contributed by atoms with Gasteiger partial charge in [0.25, 0.3) is 0 Å². The van der Waals surface area contributed by atoms with Crippen LogP contribution in [0.25, 0.3) is 0 Å². The second kappa shape index (κ2) is 6.57. The first kappa shape index (κ1) is 13.1. The van der Waals surface area contributed by atoms with E-state index in [1.165, 1.54) is 0 Å². The van der Waals surface area contributed by atoms with Gasteiger partial charge in [0.05, 0.1) is 0 Å². The van der Waals surface area contributed by atoms with Crippen LogP contribution in [-0.2, 0) is 11.3 Å². The molecule has 0 bridgehead atoms. The molecular weight excluding hydrogens is 292 g/mol. The minimum absolute atomic E-state index is 0.0688. The highest BCUT2D eigenvalue weighted by molar-refractivity contribution is 9.09. The zero-order chi connectivity index (χ0) is 12.8. The van der Waals surface area contributed by atoms with E-state index >= 15 is 0 Å². The van der Waals surface area contributed by atoms with Crippen molar-refractivity contribution in [2.45, 2.75) is 11.6 Å². The molecule has 0 aliphatic rings. The van der Waals surface area contributed by atoms with Crippen LogP contribution in [0.1, 0.15) is 16.1 Å². The monoisotopic (exact) mass is 306 g/mol. The van der Waals surface area contributed by atoms with Gasteiger partial charge in [-0.3, -0.25) is 0 Å². The third kappa shape index (κ3) is 3.59. The van der Waals surface area contributed by atoms with E-state index in [2.05, 4.69) is 15.9 Å². The Morgan fingerprint density at radius 2 is 1.67 bits per heavy atom. The van der Waals surface area contributed by atoms with Gasteiger partial charge in [0, 0.05) is 7.11 Å². The molecule has 0 saturated carbocycles. The maximum Gasteiger partial charge on any atom is 0.137 e. The van der Waals surface area contributed by atoms with Crippen LogP contribution in [0.2, 0.25) is 0 Å². The minimum atomic E-state index is -0.0688. The second-order valence-electron chi connectivity index (χ2n) is 3.90. The van der Waals surface area contributed by atoms with E-state index in [-0.39, 0.29) is 5.01 Å². The van der Waals surface area contributed by atoms with Gasteiger partial charge in [0.15, 0.2) is 0 Å². The Kier molecular flexibility index (Phi) is 4.79. The highest BCUT2D eigenvalue weighted by atomic mass is 79.9. The number of alkyl halides is 1. The fourth-order valence-corrected chi connectivity index (χ4v) is 1.90. The number of ether oxygens (including phenoxy) is 2. The number of rotatable bonds is 5. The molecule has 0 heterocycles. The third-order valence-corrected chi connectivity index (χ3v) is 3.50. The predicted molar refractivity (Wildman–Crippen MR) is 75.9 cm³/mol. The minimum Gasteiger partial charge on any atom is -0.489 e. The number of hydrogen-bond acceptors (Lipinski definition) is 2. The molecule has 1 atom stereocenters. The summed E-state index contributed by atoms with van der Waals surface area (Å²) in [5.41, 5.74) is 2.24. The van der Waals surface area contributed by atoms with Crippen LogP contribution in [0.15, 0.2) is 54.6 Å². The van der Waals surface area contributed by atoms with Crippen molar-refractivity contribution < 1.29 is 9.47 Å². The molecule has 0 radical (unpaired) electrons. The predicted octanol–water partition coefficient (Wildman–Crippen LogP) is 4.31. The first-order valence-corrected chi connectivity index (χ1v) is 6.64. The zero-order valence-electron chi connectivity index (χ0n) is 10.2. The summed E-state index contributed by atoms with van der Waals surface area (Å²) in [4.78, 5) is 0. The molecule has 0 saturated heterocycles. The van der Waals surface area contributed by atoms with Gasteiger partial charge in [-0.15, -0.1) is 0 Å². The molecule has 1 unspecified atom stereocenters. The lowest BCUT2D eigenvalue weighted by molar-refractivity contribution is 0.181. The number of methoxy groups -OCH3 is 1. The SMILES string of the molecule is COC(Br)c1ccc(OCc2ccccc2)cc1. The molecule has 2 nitrogen and oxygen atoms in total. The first-order chi connectivity index (χ1) is 8.79. The fourth-order valence-electron chi connectivity index (χ4n) is 1.59. The van der Waals surface area contributed by atoms with Gasteiger partial charge in [-0.25, -0.2) is 0 Å². The molecule has 0 fully saturated rings. The van der Waals surface area contributed by atoms with Crippen molar-refractivity contribution in [1.29, 1.82) is 0 Å². The molecule has 0 aliphatic carbocycles. The number of benzene rings is 2. The van der Waals surface area contributed by atoms with E-state index in [0.29, 0.717) is 6.61 Å². The molecular formula is C15H15BrO2. The summed E-state index contributed by atoms with van der Waals surface area (Å²) < 4.78 is 10.9. The van der Waals surface area contributed by atoms with Crippen molar-refractivity contribution in [3.05, 3.63) is 65.7 Å². The van der Waals surface area contributed by atoms with Crippen LogP contribution in [0.3, 0.4) is 0 Å². The van der Waals surface area contributed by atoms with E-state index in [1.54, 1.807) is 7.11 Å². The summed E-state index contributed by atoms with van der Waals surface area (Å²) in [7, 11) is 1.67. The molecule has 2 rings (SSSR count). The summed E-state index contributed by atoms with van der Waals surface area (Å²) >= 11 is 3.42. The first-order valence-electron chi connectivity index (χ1n) is 5.73.